The van der Waals surface area contributed by atoms with Gasteiger partial charge in [0.05, 0.1) is 12.1 Å². The number of aliphatic carboxylic acids is 1. The minimum Gasteiger partial charge on any atom is -0.480 e. The number of piperidine rings is 1. The SMILES string of the molecule is CC(C)C[C@@H](NC(=O)[C@H](N)Cc1ccccc1)C(=O)N(C(=O)[C@H](N)[C@H](C)c1ccccc1)[C@H](CCCCN)C(=O)N1CCC(N)(C(=O)O)CC1. The standard InChI is InChI=1S/C37H55N7O6/c1-24(2)22-29(42-32(45)28(39)23-26-12-6-4-7-13-26)33(46)44(35(48)31(40)25(3)27-14-8-5-9-15-27)30(16-10-11-19-38)34(47)43-20-17-37(41,18-21-43)36(49)50/h4-9,12-15,24-25,28-31H,10-11,16-23,38-41H2,1-3H3,(H,42,45)(H,49,50)/t25-,28-,29-,30-,31-/m1/s1. The van der Waals surface area contributed by atoms with E-state index in [4.69, 9.17) is 22.9 Å². The Morgan fingerprint density at radius 2 is 1.48 bits per heavy atom. The van der Waals surface area contributed by atoms with Crippen LogP contribution in [0.2, 0.25) is 0 Å². The fourth-order valence-corrected chi connectivity index (χ4v) is 6.25. The predicted molar refractivity (Wildman–Crippen MR) is 191 cm³/mol. The molecule has 4 amide bonds. The molecule has 0 unspecified atom stereocenters. The third-order valence-corrected chi connectivity index (χ3v) is 9.50. The Morgan fingerprint density at radius 3 is 2.02 bits per heavy atom. The number of carboxylic acid groups (broad SMARTS) is 1. The van der Waals surface area contributed by atoms with Crippen LogP contribution in [0.4, 0.5) is 0 Å². The maximum Gasteiger partial charge on any atom is 0.323 e. The highest BCUT2D eigenvalue weighted by Crippen LogP contribution is 2.26. The average Bonchev–Trinajstić information content (AvgIpc) is 3.10. The molecule has 0 bridgehead atoms. The Hall–Kier alpha value is -4.17. The van der Waals surface area contributed by atoms with Gasteiger partial charge in [-0.2, -0.15) is 0 Å². The van der Waals surface area contributed by atoms with Crippen molar-refractivity contribution >= 4 is 29.6 Å². The number of hydrogen-bond donors (Lipinski definition) is 6. The molecule has 0 radical (unpaired) electrons. The van der Waals surface area contributed by atoms with E-state index in [9.17, 15) is 29.1 Å². The van der Waals surface area contributed by atoms with Crippen LogP contribution in [0.25, 0.3) is 0 Å². The highest BCUT2D eigenvalue weighted by molar-refractivity contribution is 6.05. The molecule has 13 nitrogen and oxygen atoms in total. The number of imide groups is 1. The average molecular weight is 694 g/mol. The van der Waals surface area contributed by atoms with Gasteiger partial charge in [-0.3, -0.25) is 28.9 Å². The summed E-state index contributed by atoms with van der Waals surface area (Å²) in [6.07, 6.45) is 1.43. The fourth-order valence-electron chi connectivity index (χ4n) is 6.25. The maximum absolute atomic E-state index is 14.8. The summed E-state index contributed by atoms with van der Waals surface area (Å²) in [6.45, 7) is 5.92. The van der Waals surface area contributed by atoms with Crippen molar-refractivity contribution in [3.63, 3.8) is 0 Å². The van der Waals surface area contributed by atoms with E-state index in [2.05, 4.69) is 5.32 Å². The van der Waals surface area contributed by atoms with Crippen molar-refractivity contribution in [2.75, 3.05) is 19.6 Å². The number of nitrogens with one attached hydrogen (secondary N) is 1. The summed E-state index contributed by atoms with van der Waals surface area (Å²) in [5, 5.41) is 12.4. The third-order valence-electron chi connectivity index (χ3n) is 9.50. The van der Waals surface area contributed by atoms with E-state index in [1.54, 1.807) is 6.92 Å². The summed E-state index contributed by atoms with van der Waals surface area (Å²) < 4.78 is 0. The van der Waals surface area contributed by atoms with Gasteiger partial charge in [-0.15, -0.1) is 0 Å². The summed E-state index contributed by atoms with van der Waals surface area (Å²) in [4.78, 5) is 71.4. The van der Waals surface area contributed by atoms with Gasteiger partial charge in [0.25, 0.3) is 5.91 Å². The van der Waals surface area contributed by atoms with Crippen LogP contribution in [-0.2, 0) is 30.4 Å². The Morgan fingerprint density at radius 1 is 0.900 bits per heavy atom. The lowest BCUT2D eigenvalue weighted by Gasteiger charge is -2.41. The largest absolute Gasteiger partial charge is 0.480 e. The van der Waals surface area contributed by atoms with E-state index in [1.165, 1.54) is 4.90 Å². The number of amides is 4. The first-order chi connectivity index (χ1) is 23.7. The van der Waals surface area contributed by atoms with Gasteiger partial charge in [0.2, 0.25) is 17.7 Å². The van der Waals surface area contributed by atoms with Crippen molar-refractivity contribution < 1.29 is 29.1 Å². The van der Waals surface area contributed by atoms with Crippen LogP contribution in [0.15, 0.2) is 60.7 Å². The molecule has 1 aliphatic rings. The van der Waals surface area contributed by atoms with E-state index in [1.807, 2.05) is 74.5 Å². The Kier molecular flexibility index (Phi) is 15.1. The first-order valence-electron chi connectivity index (χ1n) is 17.5. The molecule has 1 fully saturated rings. The van der Waals surface area contributed by atoms with Crippen LogP contribution in [0, 0.1) is 5.92 Å². The number of likely N-dealkylation sites (tertiary alicyclic amines) is 1. The minimum absolute atomic E-state index is 0.00136. The highest BCUT2D eigenvalue weighted by atomic mass is 16.4. The van der Waals surface area contributed by atoms with Gasteiger partial charge >= 0.3 is 5.97 Å². The molecular formula is C37H55N7O6. The second-order valence-electron chi connectivity index (χ2n) is 13.8. The number of hydrogen-bond acceptors (Lipinski definition) is 9. The van der Waals surface area contributed by atoms with Crippen LogP contribution in [0.1, 0.15) is 76.3 Å². The molecule has 10 N–H and O–H groups in total. The quantitative estimate of drug-likeness (QED) is 0.131. The zero-order valence-corrected chi connectivity index (χ0v) is 29.5. The number of benzene rings is 2. The van der Waals surface area contributed by atoms with E-state index >= 15 is 0 Å². The van der Waals surface area contributed by atoms with E-state index in [0.29, 0.717) is 19.4 Å². The zero-order chi connectivity index (χ0) is 37.0. The predicted octanol–water partition coefficient (Wildman–Crippen LogP) is 1.48. The molecule has 2 aromatic carbocycles. The lowest BCUT2D eigenvalue weighted by atomic mass is 9.88. The number of nitrogens with zero attached hydrogens (tertiary/aromatic N) is 2. The normalized spacial score (nSPS) is 17.2. The van der Waals surface area contributed by atoms with Crippen molar-refractivity contribution in [3.05, 3.63) is 71.8 Å². The van der Waals surface area contributed by atoms with Crippen molar-refractivity contribution in [1.29, 1.82) is 0 Å². The number of unbranched alkanes of at least 4 members (excludes halogenated alkanes) is 1. The van der Waals surface area contributed by atoms with Crippen LogP contribution in [0.5, 0.6) is 0 Å². The second-order valence-corrected chi connectivity index (χ2v) is 13.8. The first-order valence-corrected chi connectivity index (χ1v) is 17.5. The molecule has 3 rings (SSSR count). The summed E-state index contributed by atoms with van der Waals surface area (Å²) in [7, 11) is 0. The topological polar surface area (TPSA) is 228 Å². The summed E-state index contributed by atoms with van der Waals surface area (Å²) in [5.41, 5.74) is 24.9. The lowest BCUT2D eigenvalue weighted by Crippen LogP contribution is -2.64. The van der Waals surface area contributed by atoms with Gasteiger partial charge < -0.3 is 38.3 Å². The number of rotatable bonds is 17. The molecule has 0 saturated carbocycles. The van der Waals surface area contributed by atoms with Crippen molar-refractivity contribution in [2.24, 2.45) is 28.9 Å². The zero-order valence-electron chi connectivity index (χ0n) is 29.5. The molecule has 5 atom stereocenters. The molecule has 0 spiro atoms. The number of carbonyl (C=O) groups excluding carboxylic acids is 4. The van der Waals surface area contributed by atoms with Gasteiger partial charge in [0, 0.05) is 19.0 Å². The lowest BCUT2D eigenvalue weighted by molar-refractivity contribution is -0.159. The maximum atomic E-state index is 14.8. The second kappa shape index (κ2) is 18.7. The van der Waals surface area contributed by atoms with Gasteiger partial charge in [0.15, 0.2) is 0 Å². The van der Waals surface area contributed by atoms with Crippen molar-refractivity contribution in [2.45, 2.75) is 101 Å². The number of nitrogens with two attached hydrogens (primary N) is 4. The summed E-state index contributed by atoms with van der Waals surface area (Å²) in [5.74, 6) is -4.39. The molecule has 0 aliphatic carbocycles. The van der Waals surface area contributed by atoms with Crippen LogP contribution in [-0.4, -0.2) is 93.8 Å². The molecule has 0 aromatic heterocycles. The van der Waals surface area contributed by atoms with Crippen molar-refractivity contribution in [3.8, 4) is 0 Å². The molecule has 274 valence electrons. The summed E-state index contributed by atoms with van der Waals surface area (Å²) >= 11 is 0. The first kappa shape index (κ1) is 40.3. The fraction of sp³-hybridized carbons (Fsp3) is 0.541. The molecule has 50 heavy (non-hydrogen) atoms. The van der Waals surface area contributed by atoms with E-state index in [-0.39, 0.29) is 51.1 Å². The summed E-state index contributed by atoms with van der Waals surface area (Å²) in [6, 6.07) is 13.7. The molecule has 2 aromatic rings. The molecule has 13 heteroatoms. The van der Waals surface area contributed by atoms with Gasteiger partial charge in [-0.05, 0) is 68.5 Å². The van der Waals surface area contributed by atoms with Gasteiger partial charge in [0.1, 0.15) is 17.6 Å². The monoisotopic (exact) mass is 693 g/mol. The van der Waals surface area contributed by atoms with Crippen molar-refractivity contribution in [1.82, 2.24) is 15.1 Å². The Labute approximate surface area is 295 Å². The van der Waals surface area contributed by atoms with E-state index in [0.717, 1.165) is 16.0 Å². The van der Waals surface area contributed by atoms with Gasteiger partial charge in [-0.1, -0.05) is 81.4 Å². The van der Waals surface area contributed by atoms with Gasteiger partial charge in [-0.25, -0.2) is 0 Å². The molecule has 1 heterocycles. The minimum atomic E-state index is -1.49. The van der Waals surface area contributed by atoms with Crippen LogP contribution in [0.3, 0.4) is 0 Å². The van der Waals surface area contributed by atoms with Crippen LogP contribution < -0.4 is 28.3 Å². The smallest absolute Gasteiger partial charge is 0.323 e. The third kappa shape index (κ3) is 10.7. The number of carboxylic acids is 1. The van der Waals surface area contributed by atoms with E-state index < -0.39 is 65.2 Å². The molecule has 1 saturated heterocycles. The molecule has 1 aliphatic heterocycles. The molecular weight excluding hydrogens is 638 g/mol. The van der Waals surface area contributed by atoms with Crippen LogP contribution >= 0.6 is 0 Å². The highest BCUT2D eigenvalue weighted by Gasteiger charge is 2.45. The number of carbonyl (C=O) groups is 5. The Balaban J connectivity index is 2.03. The Bertz CT molecular complexity index is 1430.